The molecule has 18 heteroatoms. The fourth-order valence-corrected chi connectivity index (χ4v) is 6.78. The third kappa shape index (κ3) is 30.7. The number of halogens is 8. The number of rotatable bonds is 28. The number of phosphoric ester groups is 2. The smallest absolute Gasteiger partial charge is 0.287 e. The van der Waals surface area contributed by atoms with Crippen molar-refractivity contribution in [1.82, 2.24) is 0 Å². The molecular formula is C23H44Br6Cl2O8P2. The van der Waals surface area contributed by atoms with Gasteiger partial charge in [-0.15, -0.1) is 23.2 Å². The van der Waals surface area contributed by atoms with E-state index in [1.165, 1.54) is 25.7 Å². The molecule has 0 aliphatic carbocycles. The first-order valence-electron chi connectivity index (χ1n) is 13.3. The lowest BCUT2D eigenvalue weighted by molar-refractivity contribution is 0.112. The van der Waals surface area contributed by atoms with Crippen molar-refractivity contribution in [3.8, 4) is 0 Å². The van der Waals surface area contributed by atoms with Gasteiger partial charge in [0.1, 0.15) is 0 Å². The first-order chi connectivity index (χ1) is 19.5. The lowest BCUT2D eigenvalue weighted by atomic mass is 10.1. The molecule has 0 saturated carbocycles. The Morgan fingerprint density at radius 3 is 1.20 bits per heavy atom. The summed E-state index contributed by atoms with van der Waals surface area (Å²) in [5.74, 6) is 0.915. The van der Waals surface area contributed by atoms with Gasteiger partial charge in [0, 0.05) is 42.2 Å². The molecule has 0 fully saturated rings. The Kier molecular flexibility index (Phi) is 36.8. The number of alkyl halides is 8. The minimum atomic E-state index is -3.57. The molecule has 0 heterocycles. The molecule has 41 heavy (non-hydrogen) atoms. The topological polar surface area (TPSA) is 89.5 Å². The van der Waals surface area contributed by atoms with Crippen LogP contribution in [0.5, 0.6) is 0 Å². The highest BCUT2D eigenvalue weighted by Gasteiger charge is 2.30. The van der Waals surface area contributed by atoms with Crippen LogP contribution in [-0.2, 0) is 36.3 Å². The quantitative estimate of drug-likeness (QED) is 0.0435. The Hall–Kier alpha value is 3.68. The van der Waals surface area contributed by atoms with E-state index < -0.39 is 15.6 Å². The number of hydrogen-bond donors (Lipinski definition) is 0. The van der Waals surface area contributed by atoms with Gasteiger partial charge < -0.3 is 0 Å². The molecule has 0 rings (SSSR count). The van der Waals surface area contributed by atoms with Crippen LogP contribution in [-0.4, -0.2) is 81.9 Å². The molecular weight excluding hydrogens is 1020 g/mol. The molecule has 0 spiro atoms. The van der Waals surface area contributed by atoms with Gasteiger partial charge in [-0.3, -0.25) is 27.1 Å². The maximum Gasteiger partial charge on any atom is 0.474 e. The summed E-state index contributed by atoms with van der Waals surface area (Å²) in [5, 5.41) is 2.04. The third-order valence-electron chi connectivity index (χ3n) is 4.54. The lowest BCUT2D eigenvalue weighted by Crippen LogP contribution is -2.17. The van der Waals surface area contributed by atoms with Crippen LogP contribution in [0.15, 0.2) is 0 Å². The molecule has 0 aromatic heterocycles. The number of unbranched alkanes of at least 4 members (excludes halogenated alkanes) is 5. The zero-order valence-electron chi connectivity index (χ0n) is 23.4. The van der Waals surface area contributed by atoms with E-state index in [2.05, 4.69) is 103 Å². The van der Waals surface area contributed by atoms with Gasteiger partial charge >= 0.3 is 15.6 Å². The molecule has 0 N–H and O–H groups in total. The summed E-state index contributed by atoms with van der Waals surface area (Å²) in [4.78, 5) is 0.111. The number of phosphoric acid groups is 2. The second-order valence-corrected chi connectivity index (χ2v) is 18.3. The first kappa shape index (κ1) is 46.8. The van der Waals surface area contributed by atoms with Crippen molar-refractivity contribution in [3.05, 3.63) is 0 Å². The Labute approximate surface area is 307 Å². The Bertz CT molecular complexity index is 625. The summed E-state index contributed by atoms with van der Waals surface area (Å²) >= 11 is 31.2. The summed E-state index contributed by atoms with van der Waals surface area (Å²) in [6.45, 7) is 3.82. The second-order valence-electron chi connectivity index (χ2n) is 8.39. The molecule has 3 atom stereocenters. The Balaban J connectivity index is 0. The van der Waals surface area contributed by atoms with Crippen LogP contribution in [0.4, 0.5) is 0 Å². The van der Waals surface area contributed by atoms with E-state index >= 15 is 0 Å². The average molecular weight is 1060 g/mol. The fraction of sp³-hybridized carbons (Fsp3) is 1.00. The van der Waals surface area contributed by atoms with Gasteiger partial charge in [0.15, 0.2) is 0 Å². The van der Waals surface area contributed by atoms with Crippen molar-refractivity contribution in [2.24, 2.45) is 0 Å². The first-order valence-corrected chi connectivity index (χ1v) is 23.4. The van der Waals surface area contributed by atoms with Gasteiger partial charge in [-0.2, -0.15) is 0 Å². The normalized spacial score (nSPS) is 15.5. The van der Waals surface area contributed by atoms with Crippen LogP contribution in [0, 0.1) is 0 Å². The van der Waals surface area contributed by atoms with E-state index in [-0.39, 0.29) is 47.5 Å². The molecule has 0 aliphatic rings. The molecule has 0 aliphatic heterocycles. The van der Waals surface area contributed by atoms with Crippen molar-refractivity contribution < 1.29 is 36.3 Å². The Morgan fingerprint density at radius 1 is 0.537 bits per heavy atom. The predicted octanol–water partition coefficient (Wildman–Crippen LogP) is 11.4. The van der Waals surface area contributed by atoms with Gasteiger partial charge in [0.05, 0.1) is 39.6 Å². The van der Waals surface area contributed by atoms with Crippen LogP contribution >= 0.6 is 134 Å². The van der Waals surface area contributed by atoms with Gasteiger partial charge in [0.25, 0.3) is 0 Å². The van der Waals surface area contributed by atoms with E-state index in [4.69, 9.17) is 50.3 Å². The highest BCUT2D eigenvalue weighted by Crippen LogP contribution is 2.51. The minimum Gasteiger partial charge on any atom is -0.287 e. The molecule has 0 bridgehead atoms. The van der Waals surface area contributed by atoms with Gasteiger partial charge in [-0.05, 0) is 19.3 Å². The van der Waals surface area contributed by atoms with Crippen molar-refractivity contribution in [2.45, 2.75) is 72.8 Å². The van der Waals surface area contributed by atoms with Crippen molar-refractivity contribution in [2.75, 3.05) is 67.4 Å². The highest BCUT2D eigenvalue weighted by atomic mass is 79.9. The van der Waals surface area contributed by atoms with E-state index in [1.54, 1.807) is 0 Å². The fourth-order valence-electron chi connectivity index (χ4n) is 2.39. The van der Waals surface area contributed by atoms with Crippen LogP contribution in [0.1, 0.15) is 58.3 Å². The molecule has 0 aromatic rings. The maximum atomic E-state index is 12.5. The van der Waals surface area contributed by atoms with Crippen LogP contribution < -0.4 is 0 Å². The lowest BCUT2D eigenvalue weighted by Gasteiger charge is -2.21. The number of hydrogen-bond acceptors (Lipinski definition) is 8. The standard InChI is InChI=1S/C14H29Cl2O4P.C9H15Br6O4P/c1-2-3-4-5-6-7-12-18-21(17,19-13-8-10-15)20-14-9-11-16;10-1-7(13)4-17-20(16,18-5-8(14)2-11)19-6-9(15)3-12/h2-14H2,1H3;7-9H,1-6H2. The molecule has 250 valence electrons. The minimum absolute atomic E-state index is 0.0370. The molecule has 3 unspecified atom stereocenters. The van der Waals surface area contributed by atoms with Crippen LogP contribution in [0.25, 0.3) is 0 Å². The predicted molar refractivity (Wildman–Crippen MR) is 195 cm³/mol. The molecule has 8 nitrogen and oxygen atoms in total. The summed E-state index contributed by atoms with van der Waals surface area (Å²) in [7, 11) is -7.03. The maximum absolute atomic E-state index is 12.5. The van der Waals surface area contributed by atoms with E-state index in [0.29, 0.717) is 47.2 Å². The van der Waals surface area contributed by atoms with Gasteiger partial charge in [0.2, 0.25) is 0 Å². The summed E-state index contributed by atoms with van der Waals surface area (Å²) in [6.07, 6.45) is 8.09. The largest absolute Gasteiger partial charge is 0.474 e. The van der Waals surface area contributed by atoms with E-state index in [9.17, 15) is 9.13 Å². The zero-order valence-corrected chi connectivity index (χ0v) is 36.2. The third-order valence-corrected chi connectivity index (χ3v) is 14.7. The van der Waals surface area contributed by atoms with Gasteiger partial charge in [-0.25, -0.2) is 9.13 Å². The van der Waals surface area contributed by atoms with Crippen LogP contribution in [0.2, 0.25) is 0 Å². The molecule has 0 radical (unpaired) electrons. The summed E-state index contributed by atoms with van der Waals surface area (Å²) < 4.78 is 56.7. The SMILES string of the molecule is CCCCCCCCOP(=O)(OCCCCl)OCCCCl.O=P(OCC(Br)CBr)(OCC(Br)CBr)OCC(Br)CBr. The zero-order chi connectivity index (χ0) is 31.4. The summed E-state index contributed by atoms with van der Waals surface area (Å²) in [5.41, 5.74) is 0. The van der Waals surface area contributed by atoms with E-state index in [1.807, 2.05) is 0 Å². The Morgan fingerprint density at radius 2 is 0.854 bits per heavy atom. The second kappa shape index (κ2) is 32.2. The van der Waals surface area contributed by atoms with Crippen LogP contribution in [0.3, 0.4) is 0 Å². The molecule has 0 aromatic carbocycles. The molecule has 0 saturated heterocycles. The van der Waals surface area contributed by atoms with Crippen molar-refractivity contribution in [1.29, 1.82) is 0 Å². The highest BCUT2D eigenvalue weighted by molar-refractivity contribution is 9.12. The molecule has 0 amide bonds. The van der Waals surface area contributed by atoms with Crippen molar-refractivity contribution in [3.63, 3.8) is 0 Å². The monoisotopic (exact) mass is 1050 g/mol. The van der Waals surface area contributed by atoms with Gasteiger partial charge in [-0.1, -0.05) is 135 Å². The van der Waals surface area contributed by atoms with Crippen molar-refractivity contribution >= 4 is 134 Å². The average Bonchev–Trinajstić information content (AvgIpc) is 2.97. The summed E-state index contributed by atoms with van der Waals surface area (Å²) in [6, 6.07) is 0. The van der Waals surface area contributed by atoms with E-state index in [0.717, 1.165) is 12.8 Å².